The second-order valence-corrected chi connectivity index (χ2v) is 4.28. The van der Waals surface area contributed by atoms with Crippen LogP contribution in [0, 0.1) is 0 Å². The molecule has 0 aliphatic carbocycles. The molecule has 3 aromatic rings. The van der Waals surface area contributed by atoms with Gasteiger partial charge in [-0.25, -0.2) is 0 Å². The normalized spacial score (nSPS) is 9.50. The van der Waals surface area contributed by atoms with Gasteiger partial charge in [0.1, 0.15) is 0 Å². The van der Waals surface area contributed by atoms with Crippen LogP contribution in [0.4, 0.5) is 0 Å². The molecule has 100 valence electrons. The first-order valence-electron chi connectivity index (χ1n) is 6.73. The number of nitrogens with two attached hydrogens (primary N) is 1. The van der Waals surface area contributed by atoms with Gasteiger partial charge in [0, 0.05) is 0 Å². The minimum Gasteiger partial charge on any atom is -0.333 e. The Balaban J connectivity index is 0.000000704. The van der Waals surface area contributed by atoms with Gasteiger partial charge in [-0.2, -0.15) is 0 Å². The number of rotatable bonds is 2. The first-order valence-corrected chi connectivity index (χ1v) is 6.73. The molecular weight excluding hydrogens is 242 g/mol. The van der Waals surface area contributed by atoms with Crippen molar-refractivity contribution in [3.63, 3.8) is 0 Å². The molecule has 0 saturated carbocycles. The standard InChI is InChI=1S/C18H14.CH5N/c1-3-9-15(10-4-1)17-13-7-8-14-18(17)16-11-5-2-6-12-16;1-2/h1-14H;2H2,1H3. The Labute approximate surface area is 120 Å². The molecule has 0 aliphatic heterocycles. The van der Waals surface area contributed by atoms with Crippen LogP contribution < -0.4 is 5.73 Å². The van der Waals surface area contributed by atoms with Crippen molar-refractivity contribution in [2.75, 3.05) is 7.05 Å². The van der Waals surface area contributed by atoms with E-state index in [1.807, 2.05) is 0 Å². The molecule has 3 aromatic carbocycles. The van der Waals surface area contributed by atoms with Gasteiger partial charge in [0.2, 0.25) is 0 Å². The van der Waals surface area contributed by atoms with Gasteiger partial charge < -0.3 is 5.73 Å². The van der Waals surface area contributed by atoms with Crippen LogP contribution in [0.1, 0.15) is 0 Å². The highest BCUT2D eigenvalue weighted by molar-refractivity contribution is 5.83. The average molecular weight is 261 g/mol. The molecule has 1 heteroatoms. The van der Waals surface area contributed by atoms with E-state index < -0.39 is 0 Å². The maximum atomic E-state index is 4.50. The number of hydrogen-bond donors (Lipinski definition) is 1. The van der Waals surface area contributed by atoms with Crippen LogP contribution in [-0.2, 0) is 0 Å². The zero-order chi connectivity index (χ0) is 14.2. The molecule has 1 nitrogen and oxygen atoms in total. The van der Waals surface area contributed by atoms with Gasteiger partial charge in [-0.15, -0.1) is 0 Å². The molecule has 0 heterocycles. The third-order valence-electron chi connectivity index (χ3n) is 3.10. The van der Waals surface area contributed by atoms with E-state index in [1.165, 1.54) is 29.3 Å². The smallest absolute Gasteiger partial charge is 0.0105 e. The largest absolute Gasteiger partial charge is 0.333 e. The monoisotopic (exact) mass is 261 g/mol. The first kappa shape index (κ1) is 14.0. The van der Waals surface area contributed by atoms with E-state index >= 15 is 0 Å². The molecule has 0 saturated heterocycles. The van der Waals surface area contributed by atoms with E-state index in [9.17, 15) is 0 Å². The van der Waals surface area contributed by atoms with E-state index in [0.29, 0.717) is 0 Å². The molecule has 0 bridgehead atoms. The summed E-state index contributed by atoms with van der Waals surface area (Å²) in [6.45, 7) is 0. The summed E-state index contributed by atoms with van der Waals surface area (Å²) in [5.41, 5.74) is 9.59. The van der Waals surface area contributed by atoms with Gasteiger partial charge in [0.15, 0.2) is 0 Å². The quantitative estimate of drug-likeness (QED) is 0.717. The van der Waals surface area contributed by atoms with Gasteiger partial charge in [0.25, 0.3) is 0 Å². The Hall–Kier alpha value is -2.38. The minimum atomic E-state index is 1.26. The summed E-state index contributed by atoms with van der Waals surface area (Å²) in [5.74, 6) is 0. The van der Waals surface area contributed by atoms with E-state index in [1.54, 1.807) is 0 Å². The lowest BCUT2D eigenvalue weighted by molar-refractivity contribution is 1.48. The van der Waals surface area contributed by atoms with Crippen LogP contribution in [0.3, 0.4) is 0 Å². The van der Waals surface area contributed by atoms with Crippen molar-refractivity contribution in [2.45, 2.75) is 0 Å². The molecule has 20 heavy (non-hydrogen) atoms. The van der Waals surface area contributed by atoms with Gasteiger partial charge in [0.05, 0.1) is 0 Å². The van der Waals surface area contributed by atoms with Crippen LogP contribution in [0.15, 0.2) is 84.9 Å². The Morgan fingerprint density at radius 1 is 0.450 bits per heavy atom. The highest BCUT2D eigenvalue weighted by atomic mass is 14.4. The average Bonchev–Trinajstić information content (AvgIpc) is 2.58. The summed E-state index contributed by atoms with van der Waals surface area (Å²) < 4.78 is 0. The Bertz CT molecular complexity index is 572. The van der Waals surface area contributed by atoms with Crippen molar-refractivity contribution >= 4 is 0 Å². The Morgan fingerprint density at radius 3 is 1.10 bits per heavy atom. The van der Waals surface area contributed by atoms with Crippen LogP contribution in [0.5, 0.6) is 0 Å². The zero-order valence-electron chi connectivity index (χ0n) is 11.7. The molecular formula is C19H19N. The molecule has 0 radical (unpaired) electrons. The zero-order valence-corrected chi connectivity index (χ0v) is 11.7. The lowest BCUT2D eigenvalue weighted by Crippen LogP contribution is -1.83. The number of hydrogen-bond acceptors (Lipinski definition) is 1. The summed E-state index contributed by atoms with van der Waals surface area (Å²) in [4.78, 5) is 0. The lowest BCUT2D eigenvalue weighted by atomic mass is 9.95. The molecule has 0 spiro atoms. The molecule has 0 aromatic heterocycles. The molecule has 0 fully saturated rings. The van der Waals surface area contributed by atoms with Crippen molar-refractivity contribution in [3.8, 4) is 22.3 Å². The van der Waals surface area contributed by atoms with Crippen molar-refractivity contribution in [1.29, 1.82) is 0 Å². The van der Waals surface area contributed by atoms with Gasteiger partial charge in [-0.05, 0) is 29.3 Å². The highest BCUT2D eigenvalue weighted by Gasteiger charge is 2.05. The fourth-order valence-corrected chi connectivity index (χ4v) is 2.22. The van der Waals surface area contributed by atoms with Crippen LogP contribution in [-0.4, -0.2) is 7.05 Å². The van der Waals surface area contributed by atoms with Gasteiger partial charge >= 0.3 is 0 Å². The van der Waals surface area contributed by atoms with Crippen LogP contribution >= 0.6 is 0 Å². The maximum absolute atomic E-state index is 4.50. The SMILES string of the molecule is CN.c1ccc(-c2ccccc2-c2ccccc2)cc1. The molecule has 3 rings (SSSR count). The van der Waals surface area contributed by atoms with Crippen molar-refractivity contribution in [2.24, 2.45) is 5.73 Å². The van der Waals surface area contributed by atoms with E-state index in [-0.39, 0.29) is 0 Å². The summed E-state index contributed by atoms with van der Waals surface area (Å²) in [6.07, 6.45) is 0. The summed E-state index contributed by atoms with van der Waals surface area (Å²) in [7, 11) is 1.50. The predicted octanol–water partition coefficient (Wildman–Crippen LogP) is 4.60. The van der Waals surface area contributed by atoms with E-state index in [4.69, 9.17) is 0 Å². The van der Waals surface area contributed by atoms with Gasteiger partial charge in [-0.3, -0.25) is 0 Å². The fraction of sp³-hybridized carbons (Fsp3) is 0.0526. The van der Waals surface area contributed by atoms with Crippen molar-refractivity contribution in [1.82, 2.24) is 0 Å². The molecule has 0 aliphatic rings. The van der Waals surface area contributed by atoms with Crippen LogP contribution in [0.25, 0.3) is 22.3 Å². The van der Waals surface area contributed by atoms with Crippen LogP contribution in [0.2, 0.25) is 0 Å². The highest BCUT2D eigenvalue weighted by Crippen LogP contribution is 2.31. The second-order valence-electron chi connectivity index (χ2n) is 4.28. The van der Waals surface area contributed by atoms with Gasteiger partial charge in [-0.1, -0.05) is 84.9 Å². The molecule has 2 N–H and O–H groups in total. The second kappa shape index (κ2) is 7.27. The van der Waals surface area contributed by atoms with E-state index in [2.05, 4.69) is 90.7 Å². The third-order valence-corrected chi connectivity index (χ3v) is 3.10. The lowest BCUT2D eigenvalue weighted by Gasteiger charge is -2.09. The summed E-state index contributed by atoms with van der Waals surface area (Å²) in [5, 5.41) is 0. The summed E-state index contributed by atoms with van der Waals surface area (Å²) >= 11 is 0. The fourth-order valence-electron chi connectivity index (χ4n) is 2.22. The van der Waals surface area contributed by atoms with Crippen molar-refractivity contribution < 1.29 is 0 Å². The molecule has 0 amide bonds. The third kappa shape index (κ3) is 3.14. The minimum absolute atomic E-state index is 1.26. The summed E-state index contributed by atoms with van der Waals surface area (Å²) in [6, 6.07) is 29.6. The molecule has 0 atom stereocenters. The molecule has 0 unspecified atom stereocenters. The van der Waals surface area contributed by atoms with Crippen molar-refractivity contribution in [3.05, 3.63) is 84.9 Å². The Morgan fingerprint density at radius 2 is 0.750 bits per heavy atom. The number of benzene rings is 3. The first-order chi connectivity index (χ1) is 9.95. The van der Waals surface area contributed by atoms with E-state index in [0.717, 1.165) is 0 Å². The maximum Gasteiger partial charge on any atom is -0.0105 e. The Kier molecular flexibility index (Phi) is 5.10. The predicted molar refractivity (Wildman–Crippen MR) is 87.4 cm³/mol. The topological polar surface area (TPSA) is 26.0 Å².